The Labute approximate surface area is 255 Å². The monoisotopic (exact) mass is 651 g/mol. The lowest BCUT2D eigenvalue weighted by Gasteiger charge is -2.30. The number of aromatic nitrogens is 1. The van der Waals surface area contributed by atoms with E-state index in [0.717, 1.165) is 6.07 Å². The van der Waals surface area contributed by atoms with Gasteiger partial charge in [0.1, 0.15) is 11.4 Å². The molecular weight excluding hydrogens is 627 g/mol. The van der Waals surface area contributed by atoms with E-state index in [9.17, 15) is 55.0 Å². The van der Waals surface area contributed by atoms with Crippen LogP contribution in [0.4, 0.5) is 36.4 Å². The molecule has 1 aromatic heterocycles. The fourth-order valence-corrected chi connectivity index (χ4v) is 6.37. The molecular formula is C31H24F7N3O5. The predicted octanol–water partition coefficient (Wildman–Crippen LogP) is 6.09. The van der Waals surface area contributed by atoms with Gasteiger partial charge in [-0.05, 0) is 67.6 Å². The number of halogens is 7. The first-order valence-electron chi connectivity index (χ1n) is 13.8. The van der Waals surface area contributed by atoms with Crippen LogP contribution < -0.4 is 16.2 Å². The lowest BCUT2D eigenvalue weighted by molar-refractivity contribution is -0.140. The molecule has 0 unspecified atom stereocenters. The zero-order chi connectivity index (χ0) is 33.7. The Morgan fingerprint density at radius 1 is 0.978 bits per heavy atom. The summed E-state index contributed by atoms with van der Waals surface area (Å²) in [5.74, 6) is -8.27. The van der Waals surface area contributed by atoms with Crippen LogP contribution in [-0.4, -0.2) is 40.1 Å². The highest BCUT2D eigenvalue weighted by atomic mass is 19.4. The Morgan fingerprint density at radius 3 is 2.33 bits per heavy atom. The number of carboxylic acids is 1. The van der Waals surface area contributed by atoms with Crippen LogP contribution in [0.15, 0.2) is 65.0 Å². The number of pyridine rings is 1. The summed E-state index contributed by atoms with van der Waals surface area (Å²) < 4.78 is 94.0. The van der Waals surface area contributed by atoms with Crippen molar-refractivity contribution in [3.05, 3.63) is 98.7 Å². The van der Waals surface area contributed by atoms with Gasteiger partial charge in [-0.25, -0.2) is 9.18 Å². The van der Waals surface area contributed by atoms with E-state index in [-0.39, 0.29) is 41.3 Å². The zero-order valence-corrected chi connectivity index (χ0v) is 23.6. The van der Waals surface area contributed by atoms with E-state index in [1.54, 1.807) is 6.07 Å². The SMILES string of the molecule is Cc1[nH]c(=O)c(C(=O)N[C@H]2[C@@H](C(=O)Nc3ccc(F)c(C(F)(F)F)c3)[C@H]3CC[C@@H]2/C3=C\C(F)(F)F)cc1-c1cccc(C(=O)O)c1. The molecule has 242 valence electrons. The predicted molar refractivity (Wildman–Crippen MR) is 149 cm³/mol. The third-order valence-corrected chi connectivity index (χ3v) is 8.27. The number of hydrogen-bond donors (Lipinski definition) is 4. The Hall–Kier alpha value is -4.95. The summed E-state index contributed by atoms with van der Waals surface area (Å²) in [6, 6.07) is 7.25. The van der Waals surface area contributed by atoms with Crippen molar-refractivity contribution in [1.82, 2.24) is 10.3 Å². The first kappa shape index (κ1) is 32.4. The number of fused-ring (bicyclic) bond motifs is 2. The van der Waals surface area contributed by atoms with E-state index in [1.165, 1.54) is 31.2 Å². The Balaban J connectivity index is 1.49. The van der Waals surface area contributed by atoms with Gasteiger partial charge in [-0.15, -0.1) is 0 Å². The molecule has 2 aromatic carbocycles. The number of alkyl halides is 6. The highest BCUT2D eigenvalue weighted by Gasteiger charge is 2.55. The molecule has 0 aliphatic heterocycles. The van der Waals surface area contributed by atoms with Gasteiger partial charge < -0.3 is 20.7 Å². The molecule has 1 heterocycles. The van der Waals surface area contributed by atoms with Crippen LogP contribution in [0.25, 0.3) is 11.1 Å². The normalized spacial score (nSPS) is 21.8. The van der Waals surface area contributed by atoms with Crippen LogP contribution in [0.2, 0.25) is 0 Å². The number of carboxylic acid groups (broad SMARTS) is 1. The van der Waals surface area contributed by atoms with Crippen LogP contribution >= 0.6 is 0 Å². The molecule has 2 aliphatic rings. The third kappa shape index (κ3) is 6.39. The molecule has 5 rings (SSSR count). The van der Waals surface area contributed by atoms with Gasteiger partial charge >= 0.3 is 18.3 Å². The highest BCUT2D eigenvalue weighted by molar-refractivity contribution is 5.98. The number of benzene rings is 2. The summed E-state index contributed by atoms with van der Waals surface area (Å²) in [6.45, 7) is 1.51. The number of hydrogen-bond acceptors (Lipinski definition) is 4. The van der Waals surface area contributed by atoms with E-state index >= 15 is 0 Å². The van der Waals surface area contributed by atoms with Gasteiger partial charge in [-0.3, -0.25) is 14.4 Å². The molecule has 2 bridgehead atoms. The summed E-state index contributed by atoms with van der Waals surface area (Å²) in [5, 5.41) is 14.1. The zero-order valence-electron chi connectivity index (χ0n) is 23.6. The lowest BCUT2D eigenvalue weighted by atomic mass is 9.83. The number of aromatic carboxylic acids is 1. The second-order valence-electron chi connectivity index (χ2n) is 11.1. The minimum atomic E-state index is -5.09. The average Bonchev–Trinajstić information content (AvgIpc) is 3.46. The van der Waals surface area contributed by atoms with Crippen molar-refractivity contribution in [3.8, 4) is 11.1 Å². The summed E-state index contributed by atoms with van der Waals surface area (Å²) in [5.41, 5.74) is -2.80. The molecule has 2 aliphatic carbocycles. The first-order chi connectivity index (χ1) is 21.4. The van der Waals surface area contributed by atoms with Crippen molar-refractivity contribution < 1.29 is 50.2 Å². The maximum Gasteiger partial charge on any atom is 0.419 e. The van der Waals surface area contributed by atoms with Gasteiger partial charge in [0.2, 0.25) is 5.91 Å². The van der Waals surface area contributed by atoms with Crippen LogP contribution in [0, 0.1) is 30.5 Å². The average molecular weight is 652 g/mol. The number of allylic oxidation sites excluding steroid dienone is 1. The first-order valence-corrected chi connectivity index (χ1v) is 13.8. The van der Waals surface area contributed by atoms with Gasteiger partial charge in [-0.2, -0.15) is 26.3 Å². The van der Waals surface area contributed by atoms with Crippen molar-refractivity contribution in [1.29, 1.82) is 0 Å². The maximum atomic E-state index is 13.8. The molecule has 15 heteroatoms. The molecule has 0 radical (unpaired) electrons. The second-order valence-corrected chi connectivity index (χ2v) is 11.1. The van der Waals surface area contributed by atoms with E-state index in [2.05, 4.69) is 15.6 Å². The van der Waals surface area contributed by atoms with Gasteiger partial charge in [0.25, 0.3) is 11.5 Å². The third-order valence-electron chi connectivity index (χ3n) is 8.27. The summed E-state index contributed by atoms with van der Waals surface area (Å²) in [4.78, 5) is 53.8. The number of rotatable bonds is 6. The second kappa shape index (κ2) is 11.8. The summed E-state index contributed by atoms with van der Waals surface area (Å²) >= 11 is 0. The number of aryl methyl sites for hydroxylation is 1. The Kier molecular flexibility index (Phi) is 8.30. The van der Waals surface area contributed by atoms with Crippen LogP contribution in [0.3, 0.4) is 0 Å². The van der Waals surface area contributed by atoms with E-state index in [4.69, 9.17) is 0 Å². The molecule has 4 N–H and O–H groups in total. The fraction of sp³-hybridized carbons (Fsp3) is 0.290. The fourth-order valence-electron chi connectivity index (χ4n) is 6.37. The largest absolute Gasteiger partial charge is 0.478 e. The Bertz CT molecular complexity index is 1830. The standard InChI is InChI=1S/C31H24F7N3O5/c1-13-19(14-3-2-4-15(9-14)29(45)46)11-20(26(42)39-13)27(43)41-25-18-7-6-17(21(18)12-30(33,34)35)24(25)28(44)40-16-5-8-23(32)22(10-16)31(36,37)38/h2-5,8-12,17-18,24-25H,6-7H2,1H3,(H,39,42)(H,40,44)(H,41,43)(H,45,46)/b21-12-/t17-,18+,24-,25+/m0/s1. The lowest BCUT2D eigenvalue weighted by Crippen LogP contribution is -2.49. The molecule has 0 spiro atoms. The van der Waals surface area contributed by atoms with Crippen LogP contribution in [0.5, 0.6) is 0 Å². The van der Waals surface area contributed by atoms with Crippen molar-refractivity contribution in [2.24, 2.45) is 17.8 Å². The molecule has 4 atom stereocenters. The van der Waals surface area contributed by atoms with Crippen molar-refractivity contribution in [2.45, 2.75) is 38.2 Å². The smallest absolute Gasteiger partial charge is 0.419 e. The Morgan fingerprint density at radius 2 is 1.67 bits per heavy atom. The molecule has 8 nitrogen and oxygen atoms in total. The topological polar surface area (TPSA) is 128 Å². The molecule has 3 aromatic rings. The maximum absolute atomic E-state index is 13.8. The summed E-state index contributed by atoms with van der Waals surface area (Å²) in [7, 11) is 0. The number of aromatic amines is 1. The van der Waals surface area contributed by atoms with E-state index < -0.39 is 82.1 Å². The van der Waals surface area contributed by atoms with Crippen LogP contribution in [-0.2, 0) is 11.0 Å². The number of carbonyl (C=O) groups excluding carboxylic acids is 2. The van der Waals surface area contributed by atoms with Gasteiger partial charge in [0.15, 0.2) is 0 Å². The molecule has 2 fully saturated rings. The van der Waals surface area contributed by atoms with Crippen LogP contribution in [0.1, 0.15) is 44.8 Å². The minimum absolute atomic E-state index is 0.0493. The van der Waals surface area contributed by atoms with Gasteiger partial charge in [0.05, 0.1) is 17.0 Å². The van der Waals surface area contributed by atoms with Crippen molar-refractivity contribution in [2.75, 3.05) is 5.32 Å². The molecule has 2 amide bonds. The summed E-state index contributed by atoms with van der Waals surface area (Å²) in [6.07, 6.45) is -9.56. The van der Waals surface area contributed by atoms with E-state index in [0.29, 0.717) is 17.7 Å². The van der Waals surface area contributed by atoms with Crippen molar-refractivity contribution >= 4 is 23.5 Å². The minimum Gasteiger partial charge on any atom is -0.478 e. The highest BCUT2D eigenvalue weighted by Crippen LogP contribution is 2.54. The number of anilines is 1. The molecule has 0 saturated heterocycles. The van der Waals surface area contributed by atoms with Gasteiger partial charge in [0, 0.05) is 35.0 Å². The van der Waals surface area contributed by atoms with E-state index in [1.807, 2.05) is 0 Å². The number of nitrogens with one attached hydrogen (secondary N) is 3. The molecule has 2 saturated carbocycles. The number of amides is 2. The number of carbonyl (C=O) groups is 3. The number of H-pyrrole nitrogens is 1. The van der Waals surface area contributed by atoms with Gasteiger partial charge in [-0.1, -0.05) is 17.7 Å². The quantitative estimate of drug-likeness (QED) is 0.190. The van der Waals surface area contributed by atoms with Crippen molar-refractivity contribution in [3.63, 3.8) is 0 Å². The molecule has 46 heavy (non-hydrogen) atoms.